The maximum absolute atomic E-state index is 11.8. The third-order valence-corrected chi connectivity index (χ3v) is 2.26. The van der Waals surface area contributed by atoms with Crippen molar-refractivity contribution in [1.82, 2.24) is 4.90 Å². The molecule has 3 nitrogen and oxygen atoms in total. The Balaban J connectivity index is 2.37. The number of rotatable bonds is 2. The van der Waals surface area contributed by atoms with Crippen LogP contribution in [-0.2, 0) is 0 Å². The molecule has 0 saturated heterocycles. The van der Waals surface area contributed by atoms with Gasteiger partial charge >= 0.3 is 0 Å². The van der Waals surface area contributed by atoms with Crippen LogP contribution in [0.4, 0.5) is 4.39 Å². The lowest BCUT2D eigenvalue weighted by Crippen LogP contribution is -2.29. The summed E-state index contributed by atoms with van der Waals surface area (Å²) in [5, 5.41) is 0. The van der Waals surface area contributed by atoms with E-state index in [4.69, 9.17) is 0 Å². The minimum Gasteiger partial charge on any atom is -0.270 e. The fraction of sp³-hybridized carbons (Fsp3) is 0.0909. The third kappa shape index (κ3) is 1.44. The van der Waals surface area contributed by atoms with Gasteiger partial charge in [0.05, 0.1) is 17.5 Å². The van der Waals surface area contributed by atoms with Crippen LogP contribution >= 0.6 is 0 Å². The van der Waals surface area contributed by atoms with Gasteiger partial charge in [0.15, 0.2) is 0 Å². The third-order valence-electron chi connectivity index (χ3n) is 2.26. The molecule has 0 unspecified atom stereocenters. The molecule has 1 aliphatic heterocycles. The minimum atomic E-state index is -0.367. The predicted octanol–water partition coefficient (Wildman–Crippen LogP) is 1.77. The van der Waals surface area contributed by atoms with E-state index < -0.39 is 0 Å². The van der Waals surface area contributed by atoms with Crippen molar-refractivity contribution in [3.05, 3.63) is 47.8 Å². The van der Waals surface area contributed by atoms with Crippen LogP contribution in [0.15, 0.2) is 36.7 Å². The highest BCUT2D eigenvalue weighted by Crippen LogP contribution is 2.21. The van der Waals surface area contributed by atoms with Gasteiger partial charge in [0.1, 0.15) is 0 Å². The molecule has 2 rings (SSSR count). The molecule has 1 aliphatic rings. The summed E-state index contributed by atoms with van der Waals surface area (Å²) in [6, 6.07) is 6.57. The molecule has 0 spiro atoms. The summed E-state index contributed by atoms with van der Waals surface area (Å²) in [7, 11) is 0. The van der Waals surface area contributed by atoms with Gasteiger partial charge in [-0.3, -0.25) is 14.5 Å². The molecule has 0 fully saturated rings. The molecule has 2 amide bonds. The fourth-order valence-electron chi connectivity index (χ4n) is 1.55. The average molecular weight is 205 g/mol. The van der Waals surface area contributed by atoms with Crippen molar-refractivity contribution in [2.45, 2.75) is 0 Å². The summed E-state index contributed by atoms with van der Waals surface area (Å²) in [6.07, 6.45) is 1.45. The van der Waals surface area contributed by atoms with Gasteiger partial charge in [-0.05, 0) is 18.2 Å². The van der Waals surface area contributed by atoms with Crippen LogP contribution < -0.4 is 0 Å². The summed E-state index contributed by atoms with van der Waals surface area (Å²) in [4.78, 5) is 24.3. The zero-order valence-corrected chi connectivity index (χ0v) is 7.81. The molecule has 1 heterocycles. The number of carbonyl (C=O) groups excluding carboxylic acids is 2. The standard InChI is InChI=1S/C11H8FNO2/c12-6-3-7-13-10(14)8-4-1-2-5-9(8)11(13)15/h1-6H,7H2/b6-3+. The molecule has 76 valence electrons. The molecule has 1 aromatic rings. The largest absolute Gasteiger partial charge is 0.270 e. The van der Waals surface area contributed by atoms with E-state index in [-0.39, 0.29) is 18.4 Å². The number of hydrogen-bond donors (Lipinski definition) is 0. The average Bonchev–Trinajstić information content (AvgIpc) is 2.51. The molecule has 15 heavy (non-hydrogen) atoms. The number of halogens is 1. The molecule has 1 aromatic carbocycles. The highest BCUT2D eigenvalue weighted by Gasteiger charge is 2.33. The van der Waals surface area contributed by atoms with Crippen LogP contribution in [0.1, 0.15) is 20.7 Å². The second-order valence-corrected chi connectivity index (χ2v) is 3.13. The molecule has 0 aromatic heterocycles. The van der Waals surface area contributed by atoms with Gasteiger partial charge in [-0.25, -0.2) is 4.39 Å². The summed E-state index contributed by atoms with van der Waals surface area (Å²) < 4.78 is 11.8. The normalized spacial score (nSPS) is 15.1. The van der Waals surface area contributed by atoms with Gasteiger partial charge in [0.25, 0.3) is 11.8 Å². The number of carbonyl (C=O) groups is 2. The van der Waals surface area contributed by atoms with Crippen molar-refractivity contribution in [3.63, 3.8) is 0 Å². The molecule has 0 N–H and O–H groups in total. The predicted molar refractivity (Wildman–Crippen MR) is 52.1 cm³/mol. The van der Waals surface area contributed by atoms with E-state index in [0.29, 0.717) is 17.5 Å². The van der Waals surface area contributed by atoms with E-state index in [1.54, 1.807) is 24.3 Å². The SMILES string of the molecule is O=C1c2ccccc2C(=O)N1C/C=C/F. The highest BCUT2D eigenvalue weighted by molar-refractivity contribution is 6.21. The molecular weight excluding hydrogens is 197 g/mol. The van der Waals surface area contributed by atoms with E-state index in [0.717, 1.165) is 11.0 Å². The lowest BCUT2D eigenvalue weighted by Gasteiger charge is -2.09. The van der Waals surface area contributed by atoms with Crippen LogP contribution in [0, 0.1) is 0 Å². The maximum atomic E-state index is 11.8. The number of hydrogen-bond acceptors (Lipinski definition) is 2. The topological polar surface area (TPSA) is 37.4 Å². The van der Waals surface area contributed by atoms with Crippen LogP contribution in [0.25, 0.3) is 0 Å². The molecule has 0 radical (unpaired) electrons. The molecular formula is C11H8FNO2. The van der Waals surface area contributed by atoms with E-state index in [1.165, 1.54) is 0 Å². The van der Waals surface area contributed by atoms with Crippen molar-refractivity contribution < 1.29 is 14.0 Å². The minimum absolute atomic E-state index is 0.0250. The van der Waals surface area contributed by atoms with Crippen molar-refractivity contribution in [2.75, 3.05) is 6.54 Å². The first-order chi connectivity index (χ1) is 7.25. The van der Waals surface area contributed by atoms with Gasteiger partial charge in [0.2, 0.25) is 0 Å². The lowest BCUT2D eigenvalue weighted by atomic mass is 10.1. The first-order valence-electron chi connectivity index (χ1n) is 4.46. The smallest absolute Gasteiger partial charge is 0.261 e. The highest BCUT2D eigenvalue weighted by atomic mass is 19.1. The summed E-state index contributed by atoms with van der Waals surface area (Å²) in [6.45, 7) is -0.0250. The second-order valence-electron chi connectivity index (χ2n) is 3.13. The zero-order valence-electron chi connectivity index (χ0n) is 7.81. The lowest BCUT2D eigenvalue weighted by molar-refractivity contribution is 0.0672. The van der Waals surface area contributed by atoms with Gasteiger partial charge in [0, 0.05) is 6.54 Å². The fourth-order valence-corrected chi connectivity index (χ4v) is 1.55. The Kier molecular flexibility index (Phi) is 2.33. The first-order valence-corrected chi connectivity index (χ1v) is 4.46. The Bertz CT molecular complexity index is 419. The molecule has 0 bridgehead atoms. The Morgan fingerprint density at radius 3 is 2.13 bits per heavy atom. The van der Waals surface area contributed by atoms with Crippen LogP contribution in [0.2, 0.25) is 0 Å². The van der Waals surface area contributed by atoms with Gasteiger partial charge in [-0.1, -0.05) is 12.1 Å². The number of nitrogens with zero attached hydrogens (tertiary/aromatic N) is 1. The number of fused-ring (bicyclic) bond motifs is 1. The van der Waals surface area contributed by atoms with Crippen molar-refractivity contribution in [3.8, 4) is 0 Å². The second kappa shape index (κ2) is 3.65. The van der Waals surface area contributed by atoms with Crippen LogP contribution in [0.3, 0.4) is 0 Å². The first kappa shape index (κ1) is 9.58. The number of imide groups is 1. The molecule has 0 atom stereocenters. The van der Waals surface area contributed by atoms with E-state index in [9.17, 15) is 14.0 Å². The molecule has 0 aliphatic carbocycles. The van der Waals surface area contributed by atoms with Crippen molar-refractivity contribution in [2.24, 2.45) is 0 Å². The summed E-state index contributed by atoms with van der Waals surface area (Å²) in [5.41, 5.74) is 0.768. The monoisotopic (exact) mass is 205 g/mol. The number of amides is 2. The van der Waals surface area contributed by atoms with Gasteiger partial charge < -0.3 is 0 Å². The van der Waals surface area contributed by atoms with Crippen molar-refractivity contribution >= 4 is 11.8 Å². The van der Waals surface area contributed by atoms with E-state index in [1.807, 2.05) is 0 Å². The maximum Gasteiger partial charge on any atom is 0.261 e. The Morgan fingerprint density at radius 2 is 1.67 bits per heavy atom. The van der Waals surface area contributed by atoms with Gasteiger partial charge in [-0.15, -0.1) is 0 Å². The van der Waals surface area contributed by atoms with Gasteiger partial charge in [-0.2, -0.15) is 0 Å². The molecule has 4 heteroatoms. The number of benzene rings is 1. The van der Waals surface area contributed by atoms with Crippen LogP contribution in [-0.4, -0.2) is 23.3 Å². The zero-order chi connectivity index (χ0) is 10.8. The molecule has 0 saturated carbocycles. The van der Waals surface area contributed by atoms with Crippen LogP contribution in [0.5, 0.6) is 0 Å². The van der Waals surface area contributed by atoms with Crippen molar-refractivity contribution in [1.29, 1.82) is 0 Å². The Hall–Kier alpha value is -1.97. The van der Waals surface area contributed by atoms with E-state index >= 15 is 0 Å². The quantitative estimate of drug-likeness (QED) is 0.690. The summed E-state index contributed by atoms with van der Waals surface area (Å²) in [5.74, 6) is -0.734. The Morgan fingerprint density at radius 1 is 1.13 bits per heavy atom. The van der Waals surface area contributed by atoms with E-state index in [2.05, 4.69) is 0 Å². The Labute approximate surface area is 85.8 Å². The summed E-state index contributed by atoms with van der Waals surface area (Å²) >= 11 is 0.